The normalized spacial score (nSPS) is 11.8. The minimum absolute atomic E-state index is 0.0567. The minimum atomic E-state index is -0.335. The van der Waals surface area contributed by atoms with Crippen molar-refractivity contribution in [3.63, 3.8) is 0 Å². The van der Waals surface area contributed by atoms with Crippen molar-refractivity contribution < 1.29 is 9.53 Å². The molecule has 0 saturated heterocycles. The first-order valence-corrected chi connectivity index (χ1v) is 10.1. The van der Waals surface area contributed by atoms with Crippen molar-refractivity contribution in [1.82, 2.24) is 20.1 Å². The van der Waals surface area contributed by atoms with E-state index in [0.717, 1.165) is 5.56 Å². The fourth-order valence-electron chi connectivity index (χ4n) is 2.57. The largest absolute Gasteiger partial charge is 0.481 e. The molecule has 1 aromatic heterocycles. The van der Waals surface area contributed by atoms with E-state index in [0.29, 0.717) is 28.3 Å². The van der Waals surface area contributed by atoms with Crippen LogP contribution in [0.15, 0.2) is 59.8 Å². The molecule has 6 nitrogen and oxygen atoms in total. The predicted octanol–water partition coefficient (Wildman–Crippen LogP) is 4.02. The maximum absolute atomic E-state index is 12.1. The lowest BCUT2D eigenvalue weighted by Crippen LogP contribution is -2.24. The molecule has 0 aliphatic carbocycles. The van der Waals surface area contributed by atoms with Crippen LogP contribution in [0.1, 0.15) is 24.4 Å². The third-order valence-corrected chi connectivity index (χ3v) is 5.37. The van der Waals surface area contributed by atoms with Gasteiger partial charge in [-0.05, 0) is 24.6 Å². The van der Waals surface area contributed by atoms with E-state index in [1.54, 1.807) is 6.07 Å². The number of amides is 1. The highest BCUT2D eigenvalue weighted by molar-refractivity contribution is 7.99. The van der Waals surface area contributed by atoms with Crippen molar-refractivity contribution in [1.29, 1.82) is 0 Å². The predicted molar refractivity (Wildman–Crippen MR) is 111 cm³/mol. The number of carbonyl (C=O) groups excluding carboxylic acids is 1. The van der Waals surface area contributed by atoms with Gasteiger partial charge in [-0.2, -0.15) is 0 Å². The summed E-state index contributed by atoms with van der Waals surface area (Å²) < 4.78 is 7.72. The molecule has 1 heterocycles. The van der Waals surface area contributed by atoms with Crippen molar-refractivity contribution >= 4 is 29.3 Å². The van der Waals surface area contributed by atoms with Gasteiger partial charge in [-0.15, -0.1) is 10.2 Å². The molecule has 0 radical (unpaired) electrons. The van der Waals surface area contributed by atoms with Crippen LogP contribution in [0.2, 0.25) is 5.02 Å². The number of para-hydroxylation sites is 1. The molecule has 0 bridgehead atoms. The molecule has 0 unspecified atom stereocenters. The van der Waals surface area contributed by atoms with E-state index in [1.807, 2.05) is 67.1 Å². The van der Waals surface area contributed by atoms with E-state index < -0.39 is 0 Å². The van der Waals surface area contributed by atoms with Crippen LogP contribution in [-0.2, 0) is 18.4 Å². The fraction of sp³-hybridized carbons (Fsp3) is 0.250. The zero-order chi connectivity index (χ0) is 19.9. The molecular weight excluding hydrogens is 396 g/mol. The number of carbonyl (C=O) groups is 1. The van der Waals surface area contributed by atoms with E-state index in [-0.39, 0.29) is 17.8 Å². The number of benzene rings is 2. The number of nitrogens with zero attached hydrogens (tertiary/aromatic N) is 3. The first-order valence-electron chi connectivity index (χ1n) is 8.78. The van der Waals surface area contributed by atoms with Crippen LogP contribution in [-0.4, -0.2) is 26.4 Å². The second kappa shape index (κ2) is 9.61. The van der Waals surface area contributed by atoms with E-state index in [9.17, 15) is 4.79 Å². The van der Waals surface area contributed by atoms with E-state index in [2.05, 4.69) is 15.5 Å². The standard InChI is InChI=1S/C20H21ClN4O2S/c1-14(27-17-11-7-6-10-16(17)21)19-23-24-20(25(19)2)28-13-18(26)22-12-15-8-4-3-5-9-15/h3-11,14H,12-13H2,1-2H3,(H,22,26)/t14-/m1/s1. The Morgan fingerprint density at radius 3 is 2.64 bits per heavy atom. The number of hydrogen-bond donors (Lipinski definition) is 1. The van der Waals surface area contributed by atoms with Crippen LogP contribution in [0.4, 0.5) is 0 Å². The molecule has 0 spiro atoms. The van der Waals surface area contributed by atoms with Crippen molar-refractivity contribution in [3.05, 3.63) is 71.0 Å². The van der Waals surface area contributed by atoms with Crippen molar-refractivity contribution in [2.75, 3.05) is 5.75 Å². The summed E-state index contributed by atoms with van der Waals surface area (Å²) in [6.45, 7) is 2.39. The number of aromatic nitrogens is 3. The quantitative estimate of drug-likeness (QED) is 0.562. The minimum Gasteiger partial charge on any atom is -0.481 e. The lowest BCUT2D eigenvalue weighted by Gasteiger charge is -2.15. The first-order chi connectivity index (χ1) is 13.5. The molecule has 28 heavy (non-hydrogen) atoms. The highest BCUT2D eigenvalue weighted by Gasteiger charge is 2.18. The summed E-state index contributed by atoms with van der Waals surface area (Å²) in [6.07, 6.45) is -0.335. The molecule has 1 amide bonds. The molecule has 8 heteroatoms. The van der Waals surface area contributed by atoms with Crippen molar-refractivity contribution in [3.8, 4) is 5.75 Å². The summed E-state index contributed by atoms with van der Waals surface area (Å²) in [5.41, 5.74) is 1.06. The molecule has 0 aliphatic heterocycles. The zero-order valence-electron chi connectivity index (χ0n) is 15.6. The Bertz CT molecular complexity index is 933. The topological polar surface area (TPSA) is 69.0 Å². The summed E-state index contributed by atoms with van der Waals surface area (Å²) in [5, 5.41) is 12.5. The Labute approximate surface area is 173 Å². The molecule has 146 valence electrons. The highest BCUT2D eigenvalue weighted by Crippen LogP contribution is 2.28. The van der Waals surface area contributed by atoms with Crippen molar-refractivity contribution in [2.24, 2.45) is 7.05 Å². The summed E-state index contributed by atoms with van der Waals surface area (Å²) >= 11 is 7.48. The summed E-state index contributed by atoms with van der Waals surface area (Å²) in [7, 11) is 1.85. The van der Waals surface area contributed by atoms with Gasteiger partial charge < -0.3 is 14.6 Å². The highest BCUT2D eigenvalue weighted by atomic mass is 35.5. The fourth-order valence-corrected chi connectivity index (χ4v) is 3.50. The smallest absolute Gasteiger partial charge is 0.230 e. The Hall–Kier alpha value is -2.51. The SMILES string of the molecule is C[C@@H](Oc1ccccc1Cl)c1nnc(SCC(=O)NCc2ccccc2)n1C. The van der Waals surface area contributed by atoms with Crippen LogP contribution in [0.25, 0.3) is 0 Å². The number of thioether (sulfide) groups is 1. The molecule has 3 aromatic rings. The van der Waals surface area contributed by atoms with Gasteiger partial charge >= 0.3 is 0 Å². The van der Waals surface area contributed by atoms with Gasteiger partial charge in [0.2, 0.25) is 5.91 Å². The number of nitrogens with one attached hydrogen (secondary N) is 1. The van der Waals surface area contributed by atoms with Crippen LogP contribution in [0.3, 0.4) is 0 Å². The number of rotatable bonds is 8. The summed E-state index contributed by atoms with van der Waals surface area (Å²) in [5.74, 6) is 1.46. The van der Waals surface area contributed by atoms with Crippen LogP contribution >= 0.6 is 23.4 Å². The van der Waals surface area contributed by atoms with Gasteiger partial charge in [0.25, 0.3) is 0 Å². The zero-order valence-corrected chi connectivity index (χ0v) is 17.2. The third kappa shape index (κ3) is 5.27. The maximum Gasteiger partial charge on any atom is 0.230 e. The van der Waals surface area contributed by atoms with Crippen LogP contribution in [0, 0.1) is 0 Å². The monoisotopic (exact) mass is 416 g/mol. The van der Waals surface area contributed by atoms with Crippen LogP contribution < -0.4 is 10.1 Å². The van der Waals surface area contributed by atoms with Gasteiger partial charge in [0.1, 0.15) is 5.75 Å². The third-order valence-electron chi connectivity index (χ3n) is 4.04. The second-order valence-corrected chi connectivity index (χ2v) is 7.49. The second-order valence-electron chi connectivity index (χ2n) is 6.14. The van der Waals surface area contributed by atoms with Crippen LogP contribution in [0.5, 0.6) is 5.75 Å². The molecule has 3 rings (SSSR count). The number of ether oxygens (including phenoxy) is 1. The van der Waals surface area contributed by atoms with E-state index >= 15 is 0 Å². The first kappa shape index (κ1) is 20.2. The average molecular weight is 417 g/mol. The van der Waals surface area contributed by atoms with Gasteiger partial charge in [-0.25, -0.2) is 0 Å². The van der Waals surface area contributed by atoms with Gasteiger partial charge in [-0.1, -0.05) is 65.8 Å². The number of hydrogen-bond acceptors (Lipinski definition) is 5. The lowest BCUT2D eigenvalue weighted by atomic mass is 10.2. The Kier molecular flexibility index (Phi) is 6.95. The summed E-state index contributed by atoms with van der Waals surface area (Å²) in [6, 6.07) is 17.1. The van der Waals surface area contributed by atoms with Gasteiger partial charge in [0, 0.05) is 13.6 Å². The molecule has 2 aromatic carbocycles. The molecule has 1 atom stereocenters. The molecule has 0 saturated carbocycles. The molecule has 0 fully saturated rings. The van der Waals surface area contributed by atoms with Crippen molar-refractivity contribution in [2.45, 2.75) is 24.7 Å². The Morgan fingerprint density at radius 1 is 1.18 bits per heavy atom. The van der Waals surface area contributed by atoms with Gasteiger partial charge in [0.05, 0.1) is 10.8 Å². The van der Waals surface area contributed by atoms with Gasteiger partial charge in [0.15, 0.2) is 17.1 Å². The molecular formula is C20H21ClN4O2S. The average Bonchev–Trinajstić information content (AvgIpc) is 3.08. The Morgan fingerprint density at radius 2 is 1.89 bits per heavy atom. The molecule has 0 aliphatic rings. The van der Waals surface area contributed by atoms with E-state index in [1.165, 1.54) is 11.8 Å². The maximum atomic E-state index is 12.1. The number of halogens is 1. The van der Waals surface area contributed by atoms with E-state index in [4.69, 9.17) is 16.3 Å². The summed E-state index contributed by atoms with van der Waals surface area (Å²) in [4.78, 5) is 12.1. The van der Waals surface area contributed by atoms with Gasteiger partial charge in [-0.3, -0.25) is 4.79 Å². The lowest BCUT2D eigenvalue weighted by molar-refractivity contribution is -0.118. The molecule has 1 N–H and O–H groups in total. The Balaban J connectivity index is 1.54.